The van der Waals surface area contributed by atoms with Gasteiger partial charge in [0.25, 0.3) is 0 Å². The standard InChI is InChI=1S/C25H19NO6/c1-2-29-14-24(30-18-7-3-15-5-10-25(28)32-21(15)13-18)16-4-8-19-22(11-16)31-23-12-17(27)6-9-20(23)26-19/h3-13,24H,2,14H2,1H3. The fourth-order valence-electron chi connectivity index (χ4n) is 3.52. The van der Waals surface area contributed by atoms with Crippen molar-refractivity contribution < 1.29 is 18.3 Å². The molecule has 1 atom stereocenters. The Balaban J connectivity index is 1.53. The number of ether oxygens (including phenoxy) is 2. The van der Waals surface area contributed by atoms with E-state index in [0.29, 0.717) is 47.1 Å². The molecule has 0 fully saturated rings. The maximum Gasteiger partial charge on any atom is 0.336 e. The van der Waals surface area contributed by atoms with E-state index >= 15 is 0 Å². The van der Waals surface area contributed by atoms with Crippen molar-refractivity contribution >= 4 is 22.1 Å². The van der Waals surface area contributed by atoms with Crippen molar-refractivity contribution in [2.24, 2.45) is 0 Å². The van der Waals surface area contributed by atoms with Gasteiger partial charge in [0.2, 0.25) is 0 Å². The first-order valence-corrected chi connectivity index (χ1v) is 10.2. The molecule has 5 rings (SSSR count). The van der Waals surface area contributed by atoms with Crippen LogP contribution in [0.25, 0.3) is 33.5 Å². The number of hydrogen-bond donors (Lipinski definition) is 0. The maximum atomic E-state index is 11.7. The normalized spacial score (nSPS) is 12.4. The van der Waals surface area contributed by atoms with E-state index in [-0.39, 0.29) is 5.43 Å². The summed E-state index contributed by atoms with van der Waals surface area (Å²) >= 11 is 0. The number of rotatable bonds is 6. The van der Waals surface area contributed by atoms with Crippen LogP contribution in [0.1, 0.15) is 18.6 Å². The van der Waals surface area contributed by atoms with Crippen molar-refractivity contribution in [1.82, 2.24) is 4.98 Å². The number of fused-ring (bicyclic) bond motifs is 3. The van der Waals surface area contributed by atoms with Crippen molar-refractivity contribution in [2.45, 2.75) is 13.0 Å². The van der Waals surface area contributed by atoms with Gasteiger partial charge >= 0.3 is 5.63 Å². The zero-order valence-electron chi connectivity index (χ0n) is 17.2. The minimum atomic E-state index is -0.441. The summed E-state index contributed by atoms with van der Waals surface area (Å²) in [6.07, 6.45) is -0.441. The summed E-state index contributed by atoms with van der Waals surface area (Å²) in [5.74, 6) is 0.968. The monoisotopic (exact) mass is 429 g/mol. The van der Waals surface area contributed by atoms with Crippen LogP contribution in [0.3, 0.4) is 0 Å². The third kappa shape index (κ3) is 3.98. The van der Waals surface area contributed by atoms with E-state index in [9.17, 15) is 9.59 Å². The van der Waals surface area contributed by atoms with Gasteiger partial charge in [-0.3, -0.25) is 4.79 Å². The van der Waals surface area contributed by atoms with E-state index < -0.39 is 11.7 Å². The van der Waals surface area contributed by atoms with E-state index in [1.54, 1.807) is 18.2 Å². The van der Waals surface area contributed by atoms with Crippen LogP contribution in [0, 0.1) is 0 Å². The highest BCUT2D eigenvalue weighted by Gasteiger charge is 2.17. The average Bonchev–Trinajstić information content (AvgIpc) is 2.79. The zero-order chi connectivity index (χ0) is 22.1. The second kappa shape index (κ2) is 8.28. The van der Waals surface area contributed by atoms with Crippen LogP contribution in [-0.4, -0.2) is 18.2 Å². The van der Waals surface area contributed by atoms with Crippen molar-refractivity contribution in [3.05, 3.63) is 92.9 Å². The van der Waals surface area contributed by atoms with Crippen LogP contribution in [0.5, 0.6) is 5.75 Å². The van der Waals surface area contributed by atoms with Gasteiger partial charge in [0, 0.05) is 30.2 Å². The summed E-state index contributed by atoms with van der Waals surface area (Å²) in [5.41, 5.74) is 2.53. The van der Waals surface area contributed by atoms with Gasteiger partial charge in [-0.05, 0) is 55.0 Å². The molecule has 1 aliphatic heterocycles. The van der Waals surface area contributed by atoms with E-state index in [4.69, 9.17) is 18.3 Å². The number of nitrogens with zero attached hydrogens (tertiary/aromatic N) is 1. The lowest BCUT2D eigenvalue weighted by molar-refractivity contribution is 0.0561. The van der Waals surface area contributed by atoms with Crippen LogP contribution in [0.2, 0.25) is 0 Å². The van der Waals surface area contributed by atoms with Crippen LogP contribution in [0.4, 0.5) is 0 Å². The van der Waals surface area contributed by atoms with E-state index in [2.05, 4.69) is 4.98 Å². The summed E-state index contributed by atoms with van der Waals surface area (Å²) in [7, 11) is 0. The molecule has 0 saturated carbocycles. The molecule has 0 N–H and O–H groups in total. The lowest BCUT2D eigenvalue weighted by atomic mass is 10.1. The second-order valence-corrected chi connectivity index (χ2v) is 7.29. The molecule has 32 heavy (non-hydrogen) atoms. The highest BCUT2D eigenvalue weighted by molar-refractivity contribution is 5.78. The minimum Gasteiger partial charge on any atom is -0.483 e. The SMILES string of the molecule is CCOCC(Oc1ccc2ccc(=O)oc2c1)c1ccc2nc3ccc(=O)cc-3oc2c1. The lowest BCUT2D eigenvalue weighted by Gasteiger charge is -2.20. The molecule has 7 heteroatoms. The van der Waals surface area contributed by atoms with Gasteiger partial charge in [0.05, 0.1) is 6.61 Å². The topological polar surface area (TPSA) is 91.8 Å². The van der Waals surface area contributed by atoms with Crippen molar-refractivity contribution in [2.75, 3.05) is 13.2 Å². The van der Waals surface area contributed by atoms with Gasteiger partial charge in [-0.2, -0.15) is 0 Å². The largest absolute Gasteiger partial charge is 0.483 e. The van der Waals surface area contributed by atoms with Gasteiger partial charge in [-0.1, -0.05) is 6.07 Å². The Kier molecular flexibility index (Phi) is 5.17. The third-order valence-electron chi connectivity index (χ3n) is 5.09. The minimum absolute atomic E-state index is 0.140. The molecule has 2 heterocycles. The van der Waals surface area contributed by atoms with Gasteiger partial charge in [0.1, 0.15) is 28.6 Å². The fourth-order valence-corrected chi connectivity index (χ4v) is 3.52. The molecule has 160 valence electrons. The zero-order valence-corrected chi connectivity index (χ0v) is 17.2. The quantitative estimate of drug-likeness (QED) is 0.289. The molecule has 0 amide bonds. The molecule has 2 aliphatic rings. The van der Waals surface area contributed by atoms with Gasteiger partial charge < -0.3 is 18.3 Å². The molecular formula is C25H19NO6. The molecule has 1 aromatic heterocycles. The van der Waals surface area contributed by atoms with Crippen LogP contribution >= 0.6 is 0 Å². The summed E-state index contributed by atoms with van der Waals surface area (Å²) in [6.45, 7) is 2.75. The third-order valence-corrected chi connectivity index (χ3v) is 5.09. The van der Waals surface area contributed by atoms with Crippen molar-refractivity contribution in [3.63, 3.8) is 0 Å². The molecule has 1 aliphatic carbocycles. The molecular weight excluding hydrogens is 410 g/mol. The summed E-state index contributed by atoms with van der Waals surface area (Å²) in [4.78, 5) is 27.8. The van der Waals surface area contributed by atoms with Crippen molar-refractivity contribution in [1.29, 1.82) is 0 Å². The molecule has 7 nitrogen and oxygen atoms in total. The van der Waals surface area contributed by atoms with Gasteiger partial charge in [-0.25, -0.2) is 9.78 Å². The first kappa shape index (κ1) is 20.0. The van der Waals surface area contributed by atoms with Crippen LogP contribution < -0.4 is 15.8 Å². The molecule has 0 bridgehead atoms. The molecule has 1 unspecified atom stereocenters. The summed E-state index contributed by atoms with van der Waals surface area (Å²) in [6, 6.07) is 18.5. The highest BCUT2D eigenvalue weighted by Crippen LogP contribution is 2.29. The first-order chi connectivity index (χ1) is 15.6. The molecule has 3 aromatic rings. The second-order valence-electron chi connectivity index (χ2n) is 7.29. The first-order valence-electron chi connectivity index (χ1n) is 10.2. The predicted octanol–water partition coefficient (Wildman–Crippen LogP) is 4.56. The fraction of sp³-hybridized carbons (Fsp3) is 0.160. The highest BCUT2D eigenvalue weighted by atomic mass is 16.5. The van der Waals surface area contributed by atoms with Gasteiger partial charge in [-0.15, -0.1) is 0 Å². The van der Waals surface area contributed by atoms with Crippen LogP contribution in [0.15, 0.2) is 85.2 Å². The summed E-state index contributed by atoms with van der Waals surface area (Å²) in [5, 5.41) is 0.804. The molecule has 2 aromatic carbocycles. The molecule has 0 radical (unpaired) electrons. The number of hydrogen-bond acceptors (Lipinski definition) is 7. The van der Waals surface area contributed by atoms with Crippen molar-refractivity contribution in [3.8, 4) is 17.2 Å². The Hall–Kier alpha value is -3.97. The molecule has 0 saturated heterocycles. The maximum absolute atomic E-state index is 11.7. The Bertz CT molecular complexity index is 1500. The Labute approximate surface area is 182 Å². The van der Waals surface area contributed by atoms with E-state index in [1.807, 2.05) is 37.3 Å². The Morgan fingerprint density at radius 2 is 1.78 bits per heavy atom. The van der Waals surface area contributed by atoms with Crippen LogP contribution in [-0.2, 0) is 4.74 Å². The average molecular weight is 429 g/mol. The smallest absolute Gasteiger partial charge is 0.336 e. The number of benzene rings is 3. The van der Waals surface area contributed by atoms with E-state index in [0.717, 1.165) is 10.9 Å². The lowest BCUT2D eigenvalue weighted by Crippen LogP contribution is -2.15. The molecule has 0 spiro atoms. The van der Waals surface area contributed by atoms with E-state index in [1.165, 1.54) is 18.2 Å². The summed E-state index contributed by atoms with van der Waals surface area (Å²) < 4.78 is 23.0. The Morgan fingerprint density at radius 3 is 2.66 bits per heavy atom. The van der Waals surface area contributed by atoms with Gasteiger partial charge in [0.15, 0.2) is 16.8 Å². The Morgan fingerprint density at radius 1 is 0.906 bits per heavy atom. The number of aromatic nitrogens is 1. The predicted molar refractivity (Wildman–Crippen MR) is 119 cm³/mol.